The quantitative estimate of drug-likeness (QED) is 0.417. The normalized spacial score (nSPS) is 11.3. The fourth-order valence-corrected chi connectivity index (χ4v) is 2.65. The van der Waals surface area contributed by atoms with Gasteiger partial charge in [-0.2, -0.15) is 0 Å². The number of aliphatic imine (C=N–C) groups is 1. The zero-order valence-electron chi connectivity index (χ0n) is 16.7. The molecule has 0 radical (unpaired) electrons. The lowest BCUT2D eigenvalue weighted by Gasteiger charge is -2.13. The minimum atomic E-state index is -0.456. The van der Waals surface area contributed by atoms with Gasteiger partial charge in [-0.1, -0.05) is 6.07 Å². The molecule has 2 aromatic rings. The summed E-state index contributed by atoms with van der Waals surface area (Å²) in [5.74, 6) is 0.805. The number of nitrogens with zero attached hydrogens (tertiary/aromatic N) is 1. The van der Waals surface area contributed by atoms with Crippen molar-refractivity contribution < 1.29 is 23.4 Å². The van der Waals surface area contributed by atoms with E-state index in [1.54, 1.807) is 13.2 Å². The van der Waals surface area contributed by atoms with E-state index in [1.807, 2.05) is 19.1 Å². The van der Waals surface area contributed by atoms with Crippen molar-refractivity contribution in [3.05, 3.63) is 59.2 Å². The summed E-state index contributed by atoms with van der Waals surface area (Å²) >= 11 is 0. The number of hydrogen-bond donors (Lipinski definition) is 3. The lowest BCUT2D eigenvalue weighted by atomic mass is 10.1. The fraction of sp³-hybridized carbons (Fsp3) is 0.381. The number of halogens is 2. The second kappa shape index (κ2) is 11.9. The molecule has 0 saturated carbocycles. The summed E-state index contributed by atoms with van der Waals surface area (Å²) < 4.78 is 37.7. The van der Waals surface area contributed by atoms with Crippen molar-refractivity contribution in [1.82, 2.24) is 10.6 Å². The maximum Gasteiger partial charge on any atom is 0.191 e. The van der Waals surface area contributed by atoms with E-state index in [0.717, 1.165) is 17.7 Å². The maximum absolute atomic E-state index is 13.7. The molecule has 0 heterocycles. The number of benzene rings is 2. The van der Waals surface area contributed by atoms with E-state index in [4.69, 9.17) is 14.6 Å². The van der Waals surface area contributed by atoms with Crippen molar-refractivity contribution in [2.24, 2.45) is 4.99 Å². The lowest BCUT2D eigenvalue weighted by Crippen LogP contribution is -2.38. The van der Waals surface area contributed by atoms with E-state index in [2.05, 4.69) is 15.6 Å². The molecule has 0 aliphatic heterocycles. The highest BCUT2D eigenvalue weighted by molar-refractivity contribution is 5.79. The van der Waals surface area contributed by atoms with Gasteiger partial charge in [0.1, 0.15) is 18.2 Å². The van der Waals surface area contributed by atoms with Gasteiger partial charge in [-0.3, -0.25) is 0 Å². The molecule has 6 nitrogen and oxygen atoms in total. The molecule has 2 rings (SSSR count). The molecule has 0 aliphatic rings. The van der Waals surface area contributed by atoms with Gasteiger partial charge in [0, 0.05) is 13.1 Å². The van der Waals surface area contributed by atoms with Crippen molar-refractivity contribution in [3.8, 4) is 11.5 Å². The van der Waals surface area contributed by atoms with Gasteiger partial charge in [0.05, 0.1) is 20.3 Å². The van der Waals surface area contributed by atoms with Crippen molar-refractivity contribution in [1.29, 1.82) is 0 Å². The molecular weight excluding hydrogens is 380 g/mol. The van der Waals surface area contributed by atoms with Crippen LogP contribution in [-0.2, 0) is 13.0 Å². The van der Waals surface area contributed by atoms with E-state index in [-0.39, 0.29) is 13.2 Å². The van der Waals surface area contributed by atoms with Crippen molar-refractivity contribution in [2.45, 2.75) is 19.9 Å². The number of guanidine groups is 1. The summed E-state index contributed by atoms with van der Waals surface area (Å²) in [5, 5.41) is 15.1. The largest absolute Gasteiger partial charge is 0.493 e. The summed E-state index contributed by atoms with van der Waals surface area (Å²) in [6.07, 6.45) is 0.332. The third-order valence-electron chi connectivity index (χ3n) is 4.04. The van der Waals surface area contributed by atoms with E-state index >= 15 is 0 Å². The zero-order chi connectivity index (χ0) is 21.1. The first kappa shape index (κ1) is 22.4. The molecule has 0 amide bonds. The number of aliphatic hydroxyl groups is 1. The van der Waals surface area contributed by atoms with Crippen LogP contribution in [0.1, 0.15) is 18.1 Å². The molecule has 0 spiro atoms. The van der Waals surface area contributed by atoms with Gasteiger partial charge >= 0.3 is 0 Å². The number of methoxy groups -OCH3 is 1. The maximum atomic E-state index is 13.7. The van der Waals surface area contributed by atoms with Crippen LogP contribution in [0.3, 0.4) is 0 Å². The Morgan fingerprint density at radius 1 is 1.10 bits per heavy atom. The van der Waals surface area contributed by atoms with Crippen molar-refractivity contribution in [2.75, 3.05) is 33.4 Å². The van der Waals surface area contributed by atoms with Crippen LogP contribution >= 0.6 is 0 Å². The van der Waals surface area contributed by atoms with Crippen LogP contribution in [0.25, 0.3) is 0 Å². The Morgan fingerprint density at radius 3 is 2.66 bits per heavy atom. The van der Waals surface area contributed by atoms with E-state index in [0.29, 0.717) is 49.1 Å². The Hall–Kier alpha value is -2.87. The van der Waals surface area contributed by atoms with Crippen LogP contribution in [0.4, 0.5) is 8.78 Å². The number of ether oxygens (including phenoxy) is 2. The summed E-state index contributed by atoms with van der Waals surface area (Å²) in [5.41, 5.74) is 1.23. The first-order valence-corrected chi connectivity index (χ1v) is 9.44. The molecule has 0 unspecified atom stereocenters. The third kappa shape index (κ3) is 7.23. The third-order valence-corrected chi connectivity index (χ3v) is 4.04. The summed E-state index contributed by atoms with van der Waals surface area (Å²) in [6.45, 7) is 3.52. The fourth-order valence-electron chi connectivity index (χ4n) is 2.65. The molecule has 158 valence electrons. The Bertz CT molecular complexity index is 816. The average molecular weight is 407 g/mol. The summed E-state index contributed by atoms with van der Waals surface area (Å²) in [6, 6.07) is 8.89. The second-order valence-corrected chi connectivity index (χ2v) is 6.16. The molecule has 0 atom stereocenters. The van der Waals surface area contributed by atoms with Gasteiger partial charge in [-0.25, -0.2) is 13.8 Å². The smallest absolute Gasteiger partial charge is 0.191 e. The number of hydrogen-bond acceptors (Lipinski definition) is 4. The highest BCUT2D eigenvalue weighted by atomic mass is 19.1. The Balaban J connectivity index is 1.98. The average Bonchev–Trinajstić information content (AvgIpc) is 2.73. The van der Waals surface area contributed by atoms with E-state index < -0.39 is 11.6 Å². The first-order chi connectivity index (χ1) is 14.1. The molecule has 29 heavy (non-hydrogen) atoms. The Kier molecular flexibility index (Phi) is 9.17. The van der Waals surface area contributed by atoms with Gasteiger partial charge in [0.15, 0.2) is 17.5 Å². The zero-order valence-corrected chi connectivity index (χ0v) is 16.7. The summed E-state index contributed by atoms with van der Waals surface area (Å²) in [4.78, 5) is 4.51. The van der Waals surface area contributed by atoms with Crippen LogP contribution in [0.15, 0.2) is 41.4 Å². The number of nitrogens with one attached hydrogen (secondary N) is 2. The molecule has 0 fully saturated rings. The van der Waals surface area contributed by atoms with E-state index in [9.17, 15) is 8.78 Å². The van der Waals surface area contributed by atoms with Crippen LogP contribution in [0, 0.1) is 11.6 Å². The predicted molar refractivity (Wildman–Crippen MR) is 108 cm³/mol. The Morgan fingerprint density at radius 2 is 1.93 bits per heavy atom. The standard InChI is InChI=1S/C21H27F2N3O3/c1-3-24-21(25-9-8-16-13-17(22)5-6-18(16)23)26-14-15-4-7-19(29-11-10-27)20(12-15)28-2/h4-7,12-13,27H,3,8-11,14H2,1-2H3,(H2,24,25,26). The molecule has 8 heteroatoms. The van der Waals surface area contributed by atoms with Crippen LogP contribution in [-0.4, -0.2) is 44.5 Å². The van der Waals surface area contributed by atoms with Gasteiger partial charge in [0.2, 0.25) is 0 Å². The molecule has 0 aromatic heterocycles. The SMILES string of the molecule is CCNC(=NCc1ccc(OCCO)c(OC)c1)NCCc1cc(F)ccc1F. The second-order valence-electron chi connectivity index (χ2n) is 6.16. The number of rotatable bonds is 10. The highest BCUT2D eigenvalue weighted by Crippen LogP contribution is 2.28. The van der Waals surface area contributed by atoms with Crippen LogP contribution < -0.4 is 20.1 Å². The molecular formula is C21H27F2N3O3. The number of aliphatic hydroxyl groups excluding tert-OH is 1. The van der Waals surface area contributed by atoms with Crippen molar-refractivity contribution >= 4 is 5.96 Å². The minimum absolute atomic E-state index is 0.0769. The summed E-state index contributed by atoms with van der Waals surface area (Å²) in [7, 11) is 1.55. The van der Waals surface area contributed by atoms with Gasteiger partial charge in [-0.15, -0.1) is 0 Å². The molecule has 0 aliphatic carbocycles. The predicted octanol–water partition coefficient (Wildman–Crippen LogP) is 2.64. The van der Waals surface area contributed by atoms with Gasteiger partial charge in [0.25, 0.3) is 0 Å². The monoisotopic (exact) mass is 407 g/mol. The Labute approximate surface area is 169 Å². The van der Waals surface area contributed by atoms with E-state index in [1.165, 1.54) is 6.07 Å². The van der Waals surface area contributed by atoms with Crippen LogP contribution in [0.5, 0.6) is 11.5 Å². The van der Waals surface area contributed by atoms with Gasteiger partial charge < -0.3 is 25.2 Å². The molecule has 3 N–H and O–H groups in total. The molecule has 0 bridgehead atoms. The molecule has 0 saturated heterocycles. The minimum Gasteiger partial charge on any atom is -0.493 e. The van der Waals surface area contributed by atoms with Crippen LogP contribution in [0.2, 0.25) is 0 Å². The lowest BCUT2D eigenvalue weighted by molar-refractivity contribution is 0.196. The highest BCUT2D eigenvalue weighted by Gasteiger charge is 2.07. The molecule has 2 aromatic carbocycles. The topological polar surface area (TPSA) is 75.1 Å². The van der Waals surface area contributed by atoms with Gasteiger partial charge in [-0.05, 0) is 54.8 Å². The van der Waals surface area contributed by atoms with Crippen molar-refractivity contribution in [3.63, 3.8) is 0 Å². The first-order valence-electron chi connectivity index (χ1n) is 9.44.